The number of rotatable bonds is 7. The predicted octanol–water partition coefficient (Wildman–Crippen LogP) is 2.68. The Balaban J connectivity index is 0.00000288. The molecule has 2 aromatic rings. The second-order valence-corrected chi connectivity index (χ2v) is 5.78. The van der Waals surface area contributed by atoms with Gasteiger partial charge in [0.15, 0.2) is 11.7 Å². The molecule has 0 saturated carbocycles. The Morgan fingerprint density at radius 1 is 1.38 bits per heavy atom. The van der Waals surface area contributed by atoms with Crippen molar-refractivity contribution in [1.29, 1.82) is 0 Å². The van der Waals surface area contributed by atoms with E-state index < -0.39 is 0 Å². The van der Waals surface area contributed by atoms with Crippen LogP contribution in [-0.2, 0) is 13.1 Å². The molecule has 0 spiro atoms. The van der Waals surface area contributed by atoms with Gasteiger partial charge in [-0.1, -0.05) is 19.0 Å². The van der Waals surface area contributed by atoms with E-state index in [0.717, 1.165) is 42.6 Å². The van der Waals surface area contributed by atoms with Crippen molar-refractivity contribution in [3.8, 4) is 0 Å². The van der Waals surface area contributed by atoms with Gasteiger partial charge in [-0.2, -0.15) is 5.10 Å². The Kier molecular flexibility index (Phi) is 8.80. The van der Waals surface area contributed by atoms with Crippen LogP contribution >= 0.6 is 24.0 Å². The van der Waals surface area contributed by atoms with Gasteiger partial charge in [0.25, 0.3) is 0 Å². The first kappa shape index (κ1) is 20.5. The Hall–Kier alpha value is -1.58. The fraction of sp³-hybridized carbons (Fsp3) is 0.562. The van der Waals surface area contributed by atoms with E-state index in [1.807, 2.05) is 37.0 Å². The molecule has 0 bridgehead atoms. The Morgan fingerprint density at radius 2 is 2.17 bits per heavy atom. The van der Waals surface area contributed by atoms with Crippen molar-refractivity contribution in [3.05, 3.63) is 35.5 Å². The number of hydrogen-bond acceptors (Lipinski definition) is 4. The maximum Gasteiger partial charge on any atom is 0.191 e. The predicted molar refractivity (Wildman–Crippen MR) is 106 cm³/mol. The van der Waals surface area contributed by atoms with Gasteiger partial charge in [-0.15, -0.1) is 24.0 Å². The number of nitrogens with zero attached hydrogens (tertiary/aromatic N) is 4. The zero-order valence-corrected chi connectivity index (χ0v) is 17.1. The van der Waals surface area contributed by atoms with Crippen LogP contribution in [0.4, 0.5) is 0 Å². The molecule has 0 amide bonds. The van der Waals surface area contributed by atoms with Gasteiger partial charge in [-0.3, -0.25) is 4.68 Å². The lowest BCUT2D eigenvalue weighted by molar-refractivity contribution is 0.376. The van der Waals surface area contributed by atoms with Crippen molar-refractivity contribution >= 4 is 29.9 Å². The smallest absolute Gasteiger partial charge is 0.191 e. The van der Waals surface area contributed by atoms with Crippen molar-refractivity contribution in [1.82, 2.24) is 25.6 Å². The minimum Gasteiger partial charge on any atom is -0.359 e. The summed E-state index contributed by atoms with van der Waals surface area (Å²) in [7, 11) is 0. The highest BCUT2D eigenvalue weighted by atomic mass is 127. The van der Waals surface area contributed by atoms with Crippen molar-refractivity contribution < 1.29 is 4.52 Å². The molecule has 0 unspecified atom stereocenters. The van der Waals surface area contributed by atoms with Crippen molar-refractivity contribution in [3.63, 3.8) is 0 Å². The van der Waals surface area contributed by atoms with Gasteiger partial charge in [0.05, 0.1) is 18.4 Å². The number of hydrogen-bond donors (Lipinski definition) is 2. The molecule has 0 aromatic carbocycles. The Morgan fingerprint density at radius 3 is 2.75 bits per heavy atom. The van der Waals surface area contributed by atoms with Gasteiger partial charge < -0.3 is 15.2 Å². The van der Waals surface area contributed by atoms with Gasteiger partial charge in [-0.25, -0.2) is 4.99 Å². The Labute approximate surface area is 160 Å². The third kappa shape index (κ3) is 6.50. The molecule has 0 atom stereocenters. The molecule has 0 aliphatic carbocycles. The number of halogens is 1. The lowest BCUT2D eigenvalue weighted by Gasteiger charge is -2.10. The van der Waals surface area contributed by atoms with Crippen LogP contribution in [0.2, 0.25) is 0 Å². The van der Waals surface area contributed by atoms with E-state index in [4.69, 9.17) is 4.52 Å². The summed E-state index contributed by atoms with van der Waals surface area (Å²) in [5.41, 5.74) is 2.12. The fourth-order valence-electron chi connectivity index (χ4n) is 2.05. The Bertz CT molecular complexity index is 634. The molecule has 2 heterocycles. The maximum atomic E-state index is 5.30. The zero-order valence-electron chi connectivity index (χ0n) is 14.7. The van der Waals surface area contributed by atoms with Crippen LogP contribution in [0, 0.1) is 6.92 Å². The van der Waals surface area contributed by atoms with Crippen molar-refractivity contribution in [2.24, 2.45) is 4.99 Å². The molecular formula is C16H27IN6O. The molecule has 8 heteroatoms. The van der Waals surface area contributed by atoms with Crippen LogP contribution in [0.1, 0.15) is 43.7 Å². The quantitative estimate of drug-likeness (QED) is 0.389. The molecule has 7 nitrogen and oxygen atoms in total. The van der Waals surface area contributed by atoms with Crippen LogP contribution in [0.15, 0.2) is 28.0 Å². The number of aromatic nitrogens is 3. The standard InChI is InChI=1S/C16H26N6O.HI/c1-5-17-16(18-6-7-22-11-13(4)9-20-22)19-10-14-8-15(12(2)3)21-23-14;/h8-9,11-12H,5-7,10H2,1-4H3,(H2,17,18,19);1H. The number of guanidine groups is 1. The second kappa shape index (κ2) is 10.3. The molecule has 2 aromatic heterocycles. The largest absolute Gasteiger partial charge is 0.359 e. The lowest BCUT2D eigenvalue weighted by Crippen LogP contribution is -2.38. The first-order chi connectivity index (χ1) is 11.1. The van der Waals surface area contributed by atoms with E-state index in [-0.39, 0.29) is 24.0 Å². The molecular weight excluding hydrogens is 419 g/mol. The second-order valence-electron chi connectivity index (χ2n) is 5.78. The molecule has 2 rings (SSSR count). The monoisotopic (exact) mass is 446 g/mol. The maximum absolute atomic E-state index is 5.30. The van der Waals surface area contributed by atoms with Crippen LogP contribution in [0.25, 0.3) is 0 Å². The van der Waals surface area contributed by atoms with Crippen LogP contribution in [0.3, 0.4) is 0 Å². The van der Waals surface area contributed by atoms with Gasteiger partial charge >= 0.3 is 0 Å². The SMILES string of the molecule is CCNC(=NCc1cc(C(C)C)no1)NCCn1cc(C)cn1.I. The zero-order chi connectivity index (χ0) is 16.7. The average molecular weight is 446 g/mol. The topological polar surface area (TPSA) is 80.3 Å². The highest BCUT2D eigenvalue weighted by molar-refractivity contribution is 14.0. The van der Waals surface area contributed by atoms with E-state index in [9.17, 15) is 0 Å². The van der Waals surface area contributed by atoms with Gasteiger partial charge in [0.1, 0.15) is 6.54 Å². The normalized spacial score (nSPS) is 11.5. The summed E-state index contributed by atoms with van der Waals surface area (Å²) in [5, 5.41) is 14.8. The lowest BCUT2D eigenvalue weighted by atomic mass is 10.1. The summed E-state index contributed by atoms with van der Waals surface area (Å²) in [6, 6.07) is 1.96. The molecule has 0 aliphatic rings. The van der Waals surface area contributed by atoms with E-state index in [1.165, 1.54) is 0 Å². The van der Waals surface area contributed by atoms with Crippen LogP contribution < -0.4 is 10.6 Å². The first-order valence-electron chi connectivity index (χ1n) is 8.05. The summed E-state index contributed by atoms with van der Waals surface area (Å²) in [5.74, 6) is 1.90. The highest BCUT2D eigenvalue weighted by Crippen LogP contribution is 2.14. The van der Waals surface area contributed by atoms with Crippen LogP contribution in [0.5, 0.6) is 0 Å². The van der Waals surface area contributed by atoms with Crippen molar-refractivity contribution in [2.45, 2.75) is 46.7 Å². The number of aliphatic imine (C=N–C) groups is 1. The third-order valence-electron chi connectivity index (χ3n) is 3.30. The van der Waals surface area contributed by atoms with E-state index in [2.05, 4.69) is 39.7 Å². The molecule has 24 heavy (non-hydrogen) atoms. The van der Waals surface area contributed by atoms with E-state index in [1.54, 1.807) is 0 Å². The van der Waals surface area contributed by atoms with Gasteiger partial charge in [0.2, 0.25) is 0 Å². The minimum absolute atomic E-state index is 0. The van der Waals surface area contributed by atoms with Gasteiger partial charge in [-0.05, 0) is 25.3 Å². The molecule has 134 valence electrons. The molecule has 2 N–H and O–H groups in total. The summed E-state index contributed by atoms with van der Waals surface area (Å²) in [6.07, 6.45) is 3.88. The summed E-state index contributed by atoms with van der Waals surface area (Å²) >= 11 is 0. The van der Waals surface area contributed by atoms with Gasteiger partial charge in [0, 0.05) is 25.4 Å². The molecule has 0 radical (unpaired) electrons. The first-order valence-corrected chi connectivity index (χ1v) is 8.05. The summed E-state index contributed by atoms with van der Waals surface area (Å²) in [6.45, 7) is 11.1. The molecule has 0 aliphatic heterocycles. The highest BCUT2D eigenvalue weighted by Gasteiger charge is 2.07. The number of nitrogens with one attached hydrogen (secondary N) is 2. The summed E-state index contributed by atoms with van der Waals surface area (Å²) in [4.78, 5) is 4.52. The fourth-order valence-corrected chi connectivity index (χ4v) is 2.05. The van der Waals surface area contributed by atoms with Crippen molar-refractivity contribution in [2.75, 3.05) is 13.1 Å². The molecule has 0 fully saturated rings. The van der Waals surface area contributed by atoms with Crippen LogP contribution in [-0.4, -0.2) is 34.0 Å². The molecule has 0 saturated heterocycles. The number of aryl methyl sites for hydroxylation is 1. The minimum atomic E-state index is 0. The third-order valence-corrected chi connectivity index (χ3v) is 3.30. The van der Waals surface area contributed by atoms with E-state index in [0.29, 0.717) is 12.5 Å². The van der Waals surface area contributed by atoms with E-state index >= 15 is 0 Å². The summed E-state index contributed by atoms with van der Waals surface area (Å²) < 4.78 is 7.22. The average Bonchev–Trinajstić information content (AvgIpc) is 3.14.